The summed E-state index contributed by atoms with van der Waals surface area (Å²) in [5, 5.41) is 11.7. The number of halogens is 3. The number of carbonyl (C=O) groups excluding carboxylic acids is 1. The number of nitrogens with one attached hydrogen (secondary N) is 1. The molecule has 0 radical (unpaired) electrons. The van der Waals surface area contributed by atoms with Gasteiger partial charge in [-0.15, -0.1) is 0 Å². The Morgan fingerprint density at radius 1 is 1.27 bits per heavy atom. The van der Waals surface area contributed by atoms with Crippen LogP contribution in [0.25, 0.3) is 5.57 Å². The molecule has 1 aliphatic rings. The number of morpholine rings is 1. The Morgan fingerprint density at radius 3 is 2.62 bits per heavy atom. The molecule has 1 fully saturated rings. The summed E-state index contributed by atoms with van der Waals surface area (Å²) in [5.41, 5.74) is 2.36. The number of allylic oxidation sites excluding steroid dienone is 3. The molecule has 1 saturated heterocycles. The Kier molecular flexibility index (Phi) is 9.48. The number of alkyl halides is 3. The highest BCUT2D eigenvalue weighted by Gasteiger charge is 2.30. The quantitative estimate of drug-likeness (QED) is 0.366. The average Bonchev–Trinajstić information content (AvgIpc) is 2.88. The van der Waals surface area contributed by atoms with Gasteiger partial charge in [0.05, 0.1) is 25.4 Å². The van der Waals surface area contributed by atoms with Crippen LogP contribution in [-0.4, -0.2) is 55.5 Å². The summed E-state index contributed by atoms with van der Waals surface area (Å²) in [6.07, 6.45) is 0.0623. The Balaban J connectivity index is 1.94. The fourth-order valence-corrected chi connectivity index (χ4v) is 3.74. The van der Waals surface area contributed by atoms with Crippen molar-refractivity contribution >= 4 is 22.9 Å². The lowest BCUT2D eigenvalue weighted by atomic mass is 9.99. The van der Waals surface area contributed by atoms with Crippen molar-refractivity contribution in [2.75, 3.05) is 49.7 Å². The van der Waals surface area contributed by atoms with Crippen LogP contribution < -0.4 is 15.0 Å². The van der Waals surface area contributed by atoms with E-state index in [1.807, 2.05) is 19.9 Å². The number of amides is 1. The zero-order chi connectivity index (χ0) is 27.0. The molecule has 1 aromatic carbocycles. The van der Waals surface area contributed by atoms with E-state index >= 15 is 0 Å². The van der Waals surface area contributed by atoms with Crippen LogP contribution in [0.15, 0.2) is 66.4 Å². The molecule has 1 aromatic heterocycles. The van der Waals surface area contributed by atoms with Crippen molar-refractivity contribution in [1.82, 2.24) is 4.98 Å². The Bertz CT molecular complexity index is 1180. The zero-order valence-corrected chi connectivity index (χ0v) is 20.8. The van der Waals surface area contributed by atoms with Gasteiger partial charge in [-0.2, -0.15) is 13.2 Å². The highest BCUT2D eigenvalue weighted by molar-refractivity contribution is 6.07. The largest absolute Gasteiger partial charge is 0.474 e. The molecule has 198 valence electrons. The van der Waals surface area contributed by atoms with Gasteiger partial charge in [-0.1, -0.05) is 24.3 Å². The molecular formula is C27H30F3N3O4. The van der Waals surface area contributed by atoms with Crippen LogP contribution in [0.5, 0.6) is 5.88 Å². The molecule has 1 aliphatic heterocycles. The lowest BCUT2D eigenvalue weighted by molar-refractivity contribution is -0.137. The van der Waals surface area contributed by atoms with E-state index in [2.05, 4.69) is 21.8 Å². The predicted octanol–water partition coefficient (Wildman–Crippen LogP) is 4.85. The molecule has 2 aromatic rings. The summed E-state index contributed by atoms with van der Waals surface area (Å²) >= 11 is 0. The van der Waals surface area contributed by atoms with Crippen LogP contribution in [0.3, 0.4) is 0 Å². The number of aliphatic hydroxyl groups excluding tert-OH is 1. The van der Waals surface area contributed by atoms with Crippen LogP contribution in [0.4, 0.5) is 24.5 Å². The molecule has 0 saturated carbocycles. The first-order valence-electron chi connectivity index (χ1n) is 11.7. The number of carbonyl (C=O) groups is 1. The molecule has 7 nitrogen and oxygen atoms in total. The van der Waals surface area contributed by atoms with E-state index in [0.717, 1.165) is 23.4 Å². The highest BCUT2D eigenvalue weighted by atomic mass is 19.4. The Labute approximate surface area is 213 Å². The molecule has 0 unspecified atom stereocenters. The molecule has 0 spiro atoms. The van der Waals surface area contributed by atoms with E-state index in [0.29, 0.717) is 43.3 Å². The van der Waals surface area contributed by atoms with Gasteiger partial charge in [-0.05, 0) is 49.8 Å². The predicted molar refractivity (Wildman–Crippen MR) is 136 cm³/mol. The van der Waals surface area contributed by atoms with E-state index < -0.39 is 17.6 Å². The fraction of sp³-hybridized carbons (Fsp3) is 0.333. The first-order valence-corrected chi connectivity index (χ1v) is 11.7. The van der Waals surface area contributed by atoms with Gasteiger partial charge in [0.15, 0.2) is 0 Å². The first kappa shape index (κ1) is 27.9. The molecular weight excluding hydrogens is 487 g/mol. The summed E-state index contributed by atoms with van der Waals surface area (Å²) in [5.74, 6) is -0.222. The van der Waals surface area contributed by atoms with E-state index in [4.69, 9.17) is 9.47 Å². The Morgan fingerprint density at radius 2 is 2.00 bits per heavy atom. The summed E-state index contributed by atoms with van der Waals surface area (Å²) in [6.45, 7) is 9.78. The van der Waals surface area contributed by atoms with Crippen LogP contribution >= 0.6 is 0 Å². The van der Waals surface area contributed by atoms with Crippen molar-refractivity contribution in [3.05, 3.63) is 77.5 Å². The lowest BCUT2D eigenvalue weighted by Gasteiger charge is -2.30. The molecule has 1 amide bonds. The molecule has 2 N–H and O–H groups in total. The van der Waals surface area contributed by atoms with Gasteiger partial charge in [0, 0.05) is 36.1 Å². The number of aromatic nitrogens is 1. The minimum Gasteiger partial charge on any atom is -0.474 e. The second kappa shape index (κ2) is 12.6. The number of pyridine rings is 1. The van der Waals surface area contributed by atoms with Gasteiger partial charge in [0.25, 0.3) is 5.91 Å². The minimum absolute atomic E-state index is 0.0213. The third kappa shape index (κ3) is 7.43. The summed E-state index contributed by atoms with van der Waals surface area (Å²) in [6, 6.07) is 6.34. The highest BCUT2D eigenvalue weighted by Crippen LogP contribution is 2.33. The van der Waals surface area contributed by atoms with Crippen molar-refractivity contribution in [3.63, 3.8) is 0 Å². The van der Waals surface area contributed by atoms with Gasteiger partial charge in [0.1, 0.15) is 12.3 Å². The average molecular weight is 518 g/mol. The maximum atomic E-state index is 13.1. The Hall–Kier alpha value is -3.63. The second-order valence-corrected chi connectivity index (χ2v) is 8.47. The van der Waals surface area contributed by atoms with Gasteiger partial charge >= 0.3 is 6.18 Å². The second-order valence-electron chi connectivity index (χ2n) is 8.47. The lowest BCUT2D eigenvalue weighted by Crippen LogP contribution is -2.36. The third-order valence-corrected chi connectivity index (χ3v) is 5.59. The van der Waals surface area contributed by atoms with E-state index in [-0.39, 0.29) is 24.5 Å². The minimum atomic E-state index is -4.52. The maximum Gasteiger partial charge on any atom is 0.416 e. The standard InChI is InChI=1S/C27H30F3N3O4/c1-4-19(25(35)32-22-7-5-6-21(16-22)27(28,29)30)14-23(18(2)3)20-15-24(33-8-11-36-12-9-33)26(31-17-20)37-13-10-34/h4-7,14-17,34H,1,8-13H2,2-3H3,(H,32,35)/b19-14+. The van der Waals surface area contributed by atoms with Crippen molar-refractivity contribution in [1.29, 1.82) is 0 Å². The van der Waals surface area contributed by atoms with E-state index in [9.17, 15) is 23.1 Å². The topological polar surface area (TPSA) is 83.9 Å². The van der Waals surface area contributed by atoms with Crippen molar-refractivity contribution in [2.45, 2.75) is 20.0 Å². The number of hydrogen-bond donors (Lipinski definition) is 2. The number of hydrogen-bond acceptors (Lipinski definition) is 6. The van der Waals surface area contributed by atoms with Crippen molar-refractivity contribution in [3.8, 4) is 5.88 Å². The van der Waals surface area contributed by atoms with E-state index in [1.165, 1.54) is 18.2 Å². The van der Waals surface area contributed by atoms with Gasteiger partial charge in [-0.3, -0.25) is 4.79 Å². The zero-order valence-electron chi connectivity index (χ0n) is 20.8. The summed E-state index contributed by atoms with van der Waals surface area (Å²) in [7, 11) is 0. The number of nitrogens with zero attached hydrogens (tertiary/aromatic N) is 2. The smallest absolute Gasteiger partial charge is 0.416 e. The first-order chi connectivity index (χ1) is 17.6. The summed E-state index contributed by atoms with van der Waals surface area (Å²) in [4.78, 5) is 19.5. The molecule has 3 rings (SSSR count). The molecule has 0 aliphatic carbocycles. The molecule has 0 atom stereocenters. The van der Waals surface area contributed by atoms with E-state index in [1.54, 1.807) is 12.3 Å². The van der Waals surface area contributed by atoms with Crippen LogP contribution in [-0.2, 0) is 15.7 Å². The fourth-order valence-electron chi connectivity index (χ4n) is 3.74. The molecule has 2 heterocycles. The summed E-state index contributed by atoms with van der Waals surface area (Å²) < 4.78 is 50.3. The molecule has 10 heteroatoms. The van der Waals surface area contributed by atoms with Gasteiger partial charge in [-0.25, -0.2) is 4.98 Å². The van der Waals surface area contributed by atoms with Crippen LogP contribution in [0.1, 0.15) is 25.0 Å². The SMILES string of the molecule is C=C/C(=C\C(=C(C)C)c1cnc(OCCO)c(N2CCOCC2)c1)C(=O)Nc1cccc(C(F)(F)F)c1. The van der Waals surface area contributed by atoms with Gasteiger partial charge < -0.3 is 24.8 Å². The molecule has 37 heavy (non-hydrogen) atoms. The van der Waals surface area contributed by atoms with Crippen molar-refractivity contribution < 1.29 is 32.5 Å². The normalized spacial score (nSPS) is 14.2. The number of anilines is 2. The van der Waals surface area contributed by atoms with Crippen LogP contribution in [0.2, 0.25) is 0 Å². The maximum absolute atomic E-state index is 13.1. The molecule has 0 bridgehead atoms. The number of ether oxygens (including phenoxy) is 2. The van der Waals surface area contributed by atoms with Crippen LogP contribution in [0, 0.1) is 0 Å². The number of aliphatic hydroxyl groups is 1. The van der Waals surface area contributed by atoms with Gasteiger partial charge in [0.2, 0.25) is 5.88 Å². The monoisotopic (exact) mass is 517 g/mol. The number of rotatable bonds is 9. The van der Waals surface area contributed by atoms with Crippen molar-refractivity contribution in [2.24, 2.45) is 0 Å². The number of benzene rings is 1. The third-order valence-electron chi connectivity index (χ3n) is 5.59.